The van der Waals surface area contributed by atoms with Gasteiger partial charge in [-0.2, -0.15) is 0 Å². The number of hydrogen-bond acceptors (Lipinski definition) is 4. The van der Waals surface area contributed by atoms with Gasteiger partial charge >= 0.3 is 11.9 Å². The first kappa shape index (κ1) is 19.0. The Hall–Kier alpha value is -1.06. The lowest BCUT2D eigenvalue weighted by Crippen LogP contribution is -2.32. The molecule has 1 aliphatic carbocycles. The van der Waals surface area contributed by atoms with Gasteiger partial charge in [0.2, 0.25) is 0 Å². The highest BCUT2D eigenvalue weighted by Gasteiger charge is 2.31. The van der Waals surface area contributed by atoms with E-state index < -0.39 is 11.2 Å². The molecule has 0 aliphatic heterocycles. The first-order chi connectivity index (χ1) is 9.98. The van der Waals surface area contributed by atoms with Crippen LogP contribution in [0.1, 0.15) is 80.1 Å². The van der Waals surface area contributed by atoms with Gasteiger partial charge in [-0.05, 0) is 67.2 Å². The van der Waals surface area contributed by atoms with Gasteiger partial charge in [0.15, 0.2) is 0 Å². The lowest BCUT2D eigenvalue weighted by molar-refractivity contribution is -0.164. The van der Waals surface area contributed by atoms with E-state index in [9.17, 15) is 9.59 Å². The smallest absolute Gasteiger partial charge is 0.309 e. The van der Waals surface area contributed by atoms with E-state index in [1.807, 2.05) is 41.5 Å². The van der Waals surface area contributed by atoms with E-state index in [1.165, 1.54) is 0 Å². The standard InChI is InChI=1S/C18H32O4/c1-17(2,3)21-15(19)13-9-7-8-10-14(12-11-13)16(20)22-18(4,5)6/h13-14H,7-12H2,1-6H3. The van der Waals surface area contributed by atoms with Crippen molar-refractivity contribution in [3.8, 4) is 0 Å². The molecule has 1 fully saturated rings. The first-order valence-corrected chi connectivity index (χ1v) is 8.44. The van der Waals surface area contributed by atoms with E-state index in [4.69, 9.17) is 9.47 Å². The molecule has 0 N–H and O–H groups in total. The van der Waals surface area contributed by atoms with Crippen LogP contribution in [0.25, 0.3) is 0 Å². The zero-order valence-electron chi connectivity index (χ0n) is 15.0. The van der Waals surface area contributed by atoms with E-state index in [0.29, 0.717) is 12.8 Å². The summed E-state index contributed by atoms with van der Waals surface area (Å²) in [6.45, 7) is 11.3. The molecule has 0 aromatic carbocycles. The fourth-order valence-corrected chi connectivity index (χ4v) is 2.71. The van der Waals surface area contributed by atoms with Gasteiger partial charge in [-0.15, -0.1) is 0 Å². The van der Waals surface area contributed by atoms with Crippen molar-refractivity contribution in [3.05, 3.63) is 0 Å². The molecule has 0 aromatic rings. The quantitative estimate of drug-likeness (QED) is 0.715. The summed E-state index contributed by atoms with van der Waals surface area (Å²) in [6.07, 6.45) is 5.05. The van der Waals surface area contributed by atoms with Crippen LogP contribution in [0, 0.1) is 11.8 Å². The van der Waals surface area contributed by atoms with Crippen molar-refractivity contribution in [3.63, 3.8) is 0 Å². The Morgan fingerprint density at radius 2 is 1.00 bits per heavy atom. The molecule has 0 heterocycles. The molecule has 4 heteroatoms. The minimum absolute atomic E-state index is 0.0931. The number of rotatable bonds is 2. The number of esters is 2. The molecule has 1 saturated carbocycles. The van der Waals surface area contributed by atoms with Crippen LogP contribution in [0.15, 0.2) is 0 Å². The summed E-state index contributed by atoms with van der Waals surface area (Å²) in [5.41, 5.74) is -0.909. The van der Waals surface area contributed by atoms with Gasteiger partial charge in [-0.25, -0.2) is 0 Å². The van der Waals surface area contributed by atoms with Crippen LogP contribution in [0.2, 0.25) is 0 Å². The number of carbonyl (C=O) groups is 2. The zero-order valence-corrected chi connectivity index (χ0v) is 15.0. The third-order valence-corrected chi connectivity index (χ3v) is 3.70. The highest BCUT2D eigenvalue weighted by atomic mass is 16.6. The summed E-state index contributed by atoms with van der Waals surface area (Å²) in [4.78, 5) is 24.5. The second-order valence-corrected chi connectivity index (χ2v) is 8.32. The van der Waals surface area contributed by atoms with E-state index >= 15 is 0 Å². The topological polar surface area (TPSA) is 52.6 Å². The maximum Gasteiger partial charge on any atom is 0.309 e. The molecule has 22 heavy (non-hydrogen) atoms. The van der Waals surface area contributed by atoms with E-state index in [1.54, 1.807) is 0 Å². The van der Waals surface area contributed by atoms with Gasteiger partial charge in [-0.1, -0.05) is 12.8 Å². The van der Waals surface area contributed by atoms with Gasteiger partial charge in [0.25, 0.3) is 0 Å². The monoisotopic (exact) mass is 312 g/mol. The molecule has 0 radical (unpaired) electrons. The third-order valence-electron chi connectivity index (χ3n) is 3.70. The zero-order chi connectivity index (χ0) is 17.0. The number of carbonyl (C=O) groups excluding carboxylic acids is 2. The van der Waals surface area contributed by atoms with Gasteiger partial charge in [0, 0.05) is 0 Å². The summed E-state index contributed by atoms with van der Waals surface area (Å²) in [5.74, 6) is -0.441. The highest BCUT2D eigenvalue weighted by molar-refractivity contribution is 5.74. The van der Waals surface area contributed by atoms with E-state index in [2.05, 4.69) is 0 Å². The lowest BCUT2D eigenvalue weighted by Gasteiger charge is -2.28. The fraction of sp³-hybridized carbons (Fsp3) is 0.889. The lowest BCUT2D eigenvalue weighted by atomic mass is 9.85. The van der Waals surface area contributed by atoms with Crippen molar-refractivity contribution >= 4 is 11.9 Å². The van der Waals surface area contributed by atoms with Crippen LogP contribution in [0.5, 0.6) is 0 Å². The van der Waals surface area contributed by atoms with Gasteiger partial charge in [0.05, 0.1) is 11.8 Å². The summed E-state index contributed by atoms with van der Waals surface area (Å²) >= 11 is 0. The van der Waals surface area contributed by atoms with Crippen LogP contribution in [-0.4, -0.2) is 23.1 Å². The average Bonchev–Trinajstić information content (AvgIpc) is 2.22. The third kappa shape index (κ3) is 7.28. The minimum atomic E-state index is -0.454. The number of hydrogen-bond donors (Lipinski definition) is 0. The second kappa shape index (κ2) is 7.47. The van der Waals surface area contributed by atoms with Crippen molar-refractivity contribution < 1.29 is 19.1 Å². The molecule has 1 rings (SSSR count). The molecule has 1 aliphatic rings. The van der Waals surface area contributed by atoms with Gasteiger partial charge < -0.3 is 9.47 Å². The molecular weight excluding hydrogens is 280 g/mol. The molecule has 2 atom stereocenters. The van der Waals surface area contributed by atoms with Crippen LogP contribution in [-0.2, 0) is 19.1 Å². The Labute approximate surface area is 134 Å². The molecule has 4 nitrogen and oxygen atoms in total. The van der Waals surface area contributed by atoms with E-state index in [-0.39, 0.29) is 23.8 Å². The van der Waals surface area contributed by atoms with Crippen molar-refractivity contribution in [2.24, 2.45) is 11.8 Å². The van der Waals surface area contributed by atoms with Crippen LogP contribution < -0.4 is 0 Å². The second-order valence-electron chi connectivity index (χ2n) is 8.32. The first-order valence-electron chi connectivity index (χ1n) is 8.44. The molecule has 0 bridgehead atoms. The maximum absolute atomic E-state index is 12.2. The Kier molecular flexibility index (Phi) is 6.45. The van der Waals surface area contributed by atoms with Crippen molar-refractivity contribution in [1.29, 1.82) is 0 Å². The SMILES string of the molecule is CC(C)(C)OC(=O)C1CCCCC(C(=O)OC(C)(C)C)CC1. The largest absolute Gasteiger partial charge is 0.460 e. The normalized spacial score (nSPS) is 24.1. The number of ether oxygens (including phenoxy) is 2. The minimum Gasteiger partial charge on any atom is -0.460 e. The van der Waals surface area contributed by atoms with Crippen molar-refractivity contribution in [2.75, 3.05) is 0 Å². The Morgan fingerprint density at radius 3 is 1.27 bits per heavy atom. The maximum atomic E-state index is 12.2. The molecule has 0 amide bonds. The van der Waals surface area contributed by atoms with Crippen LogP contribution >= 0.6 is 0 Å². The average molecular weight is 312 g/mol. The Bertz CT molecular complexity index is 349. The van der Waals surface area contributed by atoms with Crippen molar-refractivity contribution in [2.45, 2.75) is 91.3 Å². The highest BCUT2D eigenvalue weighted by Crippen LogP contribution is 2.29. The van der Waals surface area contributed by atoms with Gasteiger partial charge in [0.1, 0.15) is 11.2 Å². The molecular formula is C18H32O4. The summed E-state index contributed by atoms with van der Waals surface area (Å²) < 4.78 is 11.0. The summed E-state index contributed by atoms with van der Waals surface area (Å²) in [7, 11) is 0. The van der Waals surface area contributed by atoms with Crippen LogP contribution in [0.3, 0.4) is 0 Å². The summed E-state index contributed by atoms with van der Waals surface area (Å²) in [5, 5.41) is 0. The fourth-order valence-electron chi connectivity index (χ4n) is 2.71. The van der Waals surface area contributed by atoms with E-state index in [0.717, 1.165) is 25.7 Å². The van der Waals surface area contributed by atoms with Gasteiger partial charge in [-0.3, -0.25) is 9.59 Å². The molecule has 128 valence electrons. The van der Waals surface area contributed by atoms with Crippen molar-refractivity contribution in [1.82, 2.24) is 0 Å². The predicted molar refractivity (Wildman–Crippen MR) is 86.4 cm³/mol. The predicted octanol–water partition coefficient (Wildman–Crippen LogP) is 4.26. The summed E-state index contributed by atoms with van der Waals surface area (Å²) in [6, 6.07) is 0. The molecule has 2 unspecified atom stereocenters. The molecule has 0 aromatic heterocycles. The van der Waals surface area contributed by atoms with Crippen LogP contribution in [0.4, 0.5) is 0 Å². The Balaban J connectivity index is 2.60. The molecule has 0 saturated heterocycles. The Morgan fingerprint density at radius 1 is 0.682 bits per heavy atom. The molecule has 0 spiro atoms.